The molecule has 0 unspecified atom stereocenters. The Balaban J connectivity index is 3.55. The van der Waals surface area contributed by atoms with Crippen LogP contribution in [0, 0.1) is 0 Å². The van der Waals surface area contributed by atoms with Crippen molar-refractivity contribution in [2.45, 2.75) is 51.2 Å². The molecule has 0 radical (unpaired) electrons. The van der Waals surface area contributed by atoms with Gasteiger partial charge in [0.2, 0.25) is 0 Å². The van der Waals surface area contributed by atoms with E-state index >= 15 is 0 Å². The van der Waals surface area contributed by atoms with Gasteiger partial charge in [-0.3, -0.25) is 0 Å². The first-order valence-electron chi connectivity index (χ1n) is 7.33. The van der Waals surface area contributed by atoms with Crippen molar-refractivity contribution in [2.24, 2.45) is 0 Å². The van der Waals surface area contributed by atoms with E-state index in [1.165, 1.54) is 27.7 Å². The fourth-order valence-electron chi connectivity index (χ4n) is 2.05. The Bertz CT molecular complexity index is 652. The summed E-state index contributed by atoms with van der Waals surface area (Å²) in [7, 11) is 0. The van der Waals surface area contributed by atoms with Gasteiger partial charge in [-0.15, -0.1) is 0 Å². The fourth-order valence-corrected chi connectivity index (χ4v) is 2.05. The Kier molecular flexibility index (Phi) is 5.75. The third-order valence-corrected chi connectivity index (χ3v) is 3.21. The van der Waals surface area contributed by atoms with Crippen LogP contribution in [0.25, 0.3) is 5.57 Å². The molecule has 0 amide bonds. The van der Waals surface area contributed by atoms with Crippen molar-refractivity contribution in [3.63, 3.8) is 0 Å². The molecule has 0 bridgehead atoms. The van der Waals surface area contributed by atoms with Gasteiger partial charge in [0.25, 0.3) is 0 Å². The molecule has 0 saturated carbocycles. The molecule has 26 heavy (non-hydrogen) atoms. The SMILES string of the molecule is C=C(C)c1ccc(C(OC(=O)OC(C)(C)C)(C(F)(F)F)C(F)(F)F)cc1. The summed E-state index contributed by atoms with van der Waals surface area (Å²) < 4.78 is 89.6. The first kappa shape index (κ1) is 21.9. The number of ether oxygens (including phenoxy) is 2. The summed E-state index contributed by atoms with van der Waals surface area (Å²) in [5.41, 5.74) is -6.73. The molecule has 1 aromatic rings. The highest BCUT2D eigenvalue weighted by atomic mass is 19.4. The highest BCUT2D eigenvalue weighted by molar-refractivity contribution is 5.63. The van der Waals surface area contributed by atoms with E-state index in [1.54, 1.807) is 0 Å². The normalized spacial score (nSPS) is 13.3. The zero-order valence-corrected chi connectivity index (χ0v) is 14.5. The molecule has 3 nitrogen and oxygen atoms in total. The van der Waals surface area contributed by atoms with Crippen molar-refractivity contribution >= 4 is 11.7 Å². The van der Waals surface area contributed by atoms with E-state index in [-0.39, 0.29) is 0 Å². The third kappa shape index (κ3) is 4.50. The van der Waals surface area contributed by atoms with Crippen LogP contribution in [0.3, 0.4) is 0 Å². The van der Waals surface area contributed by atoms with Crippen molar-refractivity contribution in [1.29, 1.82) is 0 Å². The number of carbonyl (C=O) groups excluding carboxylic acids is 1. The monoisotopic (exact) mass is 384 g/mol. The minimum Gasteiger partial charge on any atom is -0.429 e. The van der Waals surface area contributed by atoms with Crippen molar-refractivity contribution in [3.8, 4) is 0 Å². The van der Waals surface area contributed by atoms with E-state index in [9.17, 15) is 31.1 Å². The van der Waals surface area contributed by atoms with Crippen LogP contribution in [0.4, 0.5) is 31.1 Å². The fraction of sp³-hybridized carbons (Fsp3) is 0.471. The van der Waals surface area contributed by atoms with E-state index in [0.717, 1.165) is 12.1 Å². The molecule has 0 saturated heterocycles. The van der Waals surface area contributed by atoms with E-state index in [2.05, 4.69) is 16.1 Å². The number of benzene rings is 1. The minimum absolute atomic E-state index is 0.337. The lowest BCUT2D eigenvalue weighted by Gasteiger charge is -2.37. The first-order valence-corrected chi connectivity index (χ1v) is 7.33. The van der Waals surface area contributed by atoms with Gasteiger partial charge in [0.05, 0.1) is 0 Å². The molecule has 0 heterocycles. The van der Waals surface area contributed by atoms with Crippen LogP contribution < -0.4 is 0 Å². The van der Waals surface area contributed by atoms with Crippen LogP contribution in [-0.4, -0.2) is 24.1 Å². The highest BCUT2D eigenvalue weighted by Crippen LogP contribution is 2.53. The van der Waals surface area contributed by atoms with E-state index in [1.807, 2.05) is 0 Å². The smallest absolute Gasteiger partial charge is 0.429 e. The van der Waals surface area contributed by atoms with E-state index in [0.29, 0.717) is 23.3 Å². The van der Waals surface area contributed by atoms with Gasteiger partial charge in [0, 0.05) is 5.56 Å². The molecule has 0 aliphatic rings. The lowest BCUT2D eigenvalue weighted by Crippen LogP contribution is -2.57. The van der Waals surface area contributed by atoms with Gasteiger partial charge in [-0.05, 0) is 33.3 Å². The topological polar surface area (TPSA) is 35.5 Å². The number of carbonyl (C=O) groups is 1. The molecule has 146 valence electrons. The van der Waals surface area contributed by atoms with Gasteiger partial charge in [0.15, 0.2) is 0 Å². The van der Waals surface area contributed by atoms with Gasteiger partial charge in [-0.25, -0.2) is 4.79 Å². The molecule has 0 spiro atoms. The number of rotatable bonds is 3. The molecule has 1 rings (SSSR count). The second-order valence-electron chi connectivity index (χ2n) is 6.60. The summed E-state index contributed by atoms with van der Waals surface area (Å²) >= 11 is 0. The predicted octanol–water partition coefficient (Wildman–Crippen LogP) is 5.99. The van der Waals surface area contributed by atoms with Gasteiger partial charge in [-0.2, -0.15) is 26.3 Å². The van der Waals surface area contributed by atoms with Crippen LogP contribution in [0.15, 0.2) is 30.8 Å². The third-order valence-electron chi connectivity index (χ3n) is 3.21. The van der Waals surface area contributed by atoms with Crippen LogP contribution in [-0.2, 0) is 15.1 Å². The van der Waals surface area contributed by atoms with Gasteiger partial charge in [-0.1, -0.05) is 36.4 Å². The Morgan fingerprint density at radius 1 is 0.885 bits per heavy atom. The largest absolute Gasteiger partial charge is 0.510 e. The molecule has 0 aliphatic carbocycles. The maximum atomic E-state index is 13.5. The average Bonchev–Trinajstić information content (AvgIpc) is 2.40. The maximum Gasteiger partial charge on any atom is 0.510 e. The number of halogens is 6. The quantitative estimate of drug-likeness (QED) is 0.474. The standard InChI is InChI=1S/C17H18F6O3/c1-10(2)11-6-8-12(9-7-11)15(16(18,19)20,17(21,22)23)26-13(24)25-14(3,4)5/h6-9H,1H2,2-5H3. The minimum atomic E-state index is -5.98. The second kappa shape index (κ2) is 6.85. The number of hydrogen-bond donors (Lipinski definition) is 0. The first-order chi connectivity index (χ1) is 11.5. The highest BCUT2D eigenvalue weighted by Gasteiger charge is 2.75. The van der Waals surface area contributed by atoms with E-state index < -0.39 is 35.3 Å². The Hall–Kier alpha value is -2.19. The maximum absolute atomic E-state index is 13.5. The van der Waals surface area contributed by atoms with Crippen LogP contribution in [0.2, 0.25) is 0 Å². The lowest BCUT2D eigenvalue weighted by atomic mass is 9.90. The molecular weight excluding hydrogens is 366 g/mol. The zero-order chi connectivity index (χ0) is 20.6. The van der Waals surface area contributed by atoms with Crippen LogP contribution in [0.1, 0.15) is 38.8 Å². The lowest BCUT2D eigenvalue weighted by molar-refractivity contribution is -0.377. The number of alkyl halides is 6. The number of hydrogen-bond acceptors (Lipinski definition) is 3. The summed E-state index contributed by atoms with van der Waals surface area (Å²) in [5, 5.41) is 0. The van der Waals surface area contributed by atoms with Crippen LogP contribution >= 0.6 is 0 Å². The zero-order valence-electron chi connectivity index (χ0n) is 14.5. The summed E-state index contributed by atoms with van der Waals surface area (Å²) in [5.74, 6) is 0. The molecular formula is C17H18F6O3. The summed E-state index contributed by atoms with van der Waals surface area (Å²) in [4.78, 5) is 11.7. The number of allylic oxidation sites excluding steroid dienone is 1. The average molecular weight is 384 g/mol. The van der Waals surface area contributed by atoms with Crippen molar-refractivity contribution in [2.75, 3.05) is 0 Å². The van der Waals surface area contributed by atoms with Crippen molar-refractivity contribution < 1.29 is 40.6 Å². The van der Waals surface area contributed by atoms with Gasteiger partial charge < -0.3 is 9.47 Å². The molecule has 9 heteroatoms. The molecule has 0 fully saturated rings. The predicted molar refractivity (Wildman–Crippen MR) is 82.3 cm³/mol. The van der Waals surface area contributed by atoms with Gasteiger partial charge in [0.1, 0.15) is 5.60 Å². The van der Waals surface area contributed by atoms with E-state index in [4.69, 9.17) is 0 Å². The molecule has 1 aromatic carbocycles. The Morgan fingerprint density at radius 2 is 1.31 bits per heavy atom. The van der Waals surface area contributed by atoms with Crippen LogP contribution in [0.5, 0.6) is 0 Å². The van der Waals surface area contributed by atoms with Gasteiger partial charge >= 0.3 is 24.1 Å². The van der Waals surface area contributed by atoms with Crippen molar-refractivity contribution in [3.05, 3.63) is 42.0 Å². The Morgan fingerprint density at radius 3 is 1.62 bits per heavy atom. The molecule has 0 N–H and O–H groups in total. The molecule has 0 aromatic heterocycles. The summed E-state index contributed by atoms with van der Waals surface area (Å²) in [6, 6.07) is 3.25. The molecule has 0 atom stereocenters. The Labute approximate surface area is 146 Å². The second-order valence-corrected chi connectivity index (χ2v) is 6.60. The van der Waals surface area contributed by atoms with Crippen molar-refractivity contribution in [1.82, 2.24) is 0 Å². The summed E-state index contributed by atoms with van der Waals surface area (Å²) in [6.45, 7) is 8.92. The molecule has 0 aliphatic heterocycles. The summed E-state index contributed by atoms with van der Waals surface area (Å²) in [6.07, 6.45) is -14.0.